The van der Waals surface area contributed by atoms with E-state index in [2.05, 4.69) is 59.0 Å². The van der Waals surface area contributed by atoms with Gasteiger partial charge in [-0.3, -0.25) is 14.8 Å². The van der Waals surface area contributed by atoms with Crippen molar-refractivity contribution in [2.24, 2.45) is 5.10 Å². The van der Waals surface area contributed by atoms with Crippen molar-refractivity contribution in [2.45, 2.75) is 68.4 Å². The maximum Gasteiger partial charge on any atom is 0.227 e. The van der Waals surface area contributed by atoms with E-state index in [0.717, 1.165) is 63.9 Å². The van der Waals surface area contributed by atoms with Crippen LogP contribution in [0.1, 0.15) is 56.3 Å². The third-order valence-electron chi connectivity index (χ3n) is 8.87. The standard InChI is InChI=1S/C26H39N9OS/c1-31-24(11-14-27-31)37(36)34-17-12-26(13-18-34,33-16-6-15-32(19-20-33)23-9-5-10-23)25-28-29-30-35(25)21-22-7-3-2-4-8-22/h2-4,7-8,14,23-24H,5-6,9-13,15-21H2,1H3. The highest BCUT2D eigenvalue weighted by Gasteiger charge is 2.49. The first-order chi connectivity index (χ1) is 18.1. The van der Waals surface area contributed by atoms with Crippen molar-refractivity contribution in [1.29, 1.82) is 0 Å². The monoisotopic (exact) mass is 525 g/mol. The van der Waals surface area contributed by atoms with E-state index in [-0.39, 0.29) is 10.9 Å². The molecule has 1 aliphatic carbocycles. The predicted molar refractivity (Wildman–Crippen MR) is 144 cm³/mol. The Morgan fingerprint density at radius 1 is 1.00 bits per heavy atom. The fourth-order valence-electron chi connectivity index (χ4n) is 6.48. The lowest BCUT2D eigenvalue weighted by Crippen LogP contribution is -2.57. The largest absolute Gasteiger partial charge is 0.596 e. The normalized spacial score (nSPS) is 26.8. The van der Waals surface area contributed by atoms with Gasteiger partial charge in [0.1, 0.15) is 0 Å². The third-order valence-corrected chi connectivity index (χ3v) is 10.7. The number of benzene rings is 1. The van der Waals surface area contributed by atoms with Gasteiger partial charge in [0.25, 0.3) is 0 Å². The van der Waals surface area contributed by atoms with E-state index < -0.39 is 11.4 Å². The van der Waals surface area contributed by atoms with Gasteiger partial charge < -0.3 is 4.55 Å². The maximum absolute atomic E-state index is 13.5. The summed E-state index contributed by atoms with van der Waals surface area (Å²) in [6.45, 7) is 6.53. The summed E-state index contributed by atoms with van der Waals surface area (Å²) in [5.74, 6) is 0.959. The van der Waals surface area contributed by atoms with Gasteiger partial charge in [-0.05, 0) is 54.6 Å². The Morgan fingerprint density at radius 2 is 1.81 bits per heavy atom. The first-order valence-electron chi connectivity index (χ1n) is 13.8. The van der Waals surface area contributed by atoms with Gasteiger partial charge in [0.2, 0.25) is 5.37 Å². The second-order valence-corrected chi connectivity index (χ2v) is 12.5. The van der Waals surface area contributed by atoms with Crippen LogP contribution in [0.25, 0.3) is 0 Å². The number of tetrazole rings is 1. The fourth-order valence-corrected chi connectivity index (χ4v) is 7.93. The molecule has 200 valence electrons. The molecule has 1 aromatic heterocycles. The topological polar surface area (TPSA) is 92.0 Å². The minimum Gasteiger partial charge on any atom is -0.596 e. The summed E-state index contributed by atoms with van der Waals surface area (Å²) in [7, 11) is 1.92. The quantitative estimate of drug-likeness (QED) is 0.506. The molecule has 0 amide bonds. The number of hydrogen-bond acceptors (Lipinski definition) is 9. The van der Waals surface area contributed by atoms with Gasteiger partial charge in [-0.2, -0.15) is 5.10 Å². The number of aromatic nitrogens is 4. The number of piperidine rings is 1. The minimum atomic E-state index is -1.09. The SMILES string of the molecule is CN1N=CCC1[S+]([O-])N1CCC(c2nnnn2Cc2ccccc2)(N2CCCN(C3CCC3)CC2)CC1. The van der Waals surface area contributed by atoms with E-state index >= 15 is 0 Å². The van der Waals surface area contributed by atoms with Gasteiger partial charge >= 0.3 is 0 Å². The molecule has 0 spiro atoms. The summed E-state index contributed by atoms with van der Waals surface area (Å²) >= 11 is -1.09. The maximum atomic E-state index is 13.5. The van der Waals surface area contributed by atoms with Crippen LogP contribution in [0.2, 0.25) is 0 Å². The van der Waals surface area contributed by atoms with Gasteiger partial charge in [-0.1, -0.05) is 36.8 Å². The van der Waals surface area contributed by atoms with Gasteiger partial charge in [0.05, 0.1) is 29.9 Å². The molecule has 2 aromatic rings. The molecule has 37 heavy (non-hydrogen) atoms. The Bertz CT molecular complexity index is 1050. The Hall–Kier alpha value is -2.05. The van der Waals surface area contributed by atoms with Crippen molar-refractivity contribution in [2.75, 3.05) is 46.3 Å². The number of hydrogen-bond donors (Lipinski definition) is 0. The van der Waals surface area contributed by atoms with Crippen LogP contribution in [-0.4, -0.2) is 108 Å². The highest BCUT2D eigenvalue weighted by Crippen LogP contribution is 2.40. The van der Waals surface area contributed by atoms with Crippen LogP contribution in [0.5, 0.6) is 0 Å². The molecule has 3 aliphatic heterocycles. The molecule has 0 bridgehead atoms. The summed E-state index contributed by atoms with van der Waals surface area (Å²) in [6, 6.07) is 11.2. The lowest BCUT2D eigenvalue weighted by Gasteiger charge is -2.47. The second kappa shape index (κ2) is 11.0. The molecule has 2 atom stereocenters. The van der Waals surface area contributed by atoms with Crippen molar-refractivity contribution < 1.29 is 4.55 Å². The molecule has 4 aliphatic rings. The van der Waals surface area contributed by atoms with Crippen LogP contribution < -0.4 is 0 Å². The number of rotatable bonds is 7. The van der Waals surface area contributed by atoms with Crippen molar-refractivity contribution >= 4 is 17.6 Å². The van der Waals surface area contributed by atoms with Crippen LogP contribution in [0.4, 0.5) is 0 Å². The summed E-state index contributed by atoms with van der Waals surface area (Å²) in [5.41, 5.74) is 0.938. The van der Waals surface area contributed by atoms with Crippen molar-refractivity contribution in [3.63, 3.8) is 0 Å². The molecule has 3 fully saturated rings. The zero-order valence-corrected chi connectivity index (χ0v) is 22.7. The van der Waals surface area contributed by atoms with Crippen molar-refractivity contribution in [1.82, 2.24) is 39.3 Å². The summed E-state index contributed by atoms with van der Waals surface area (Å²) in [6.07, 6.45) is 9.59. The van der Waals surface area contributed by atoms with E-state index in [1.165, 1.54) is 37.8 Å². The van der Waals surface area contributed by atoms with E-state index in [1.807, 2.05) is 29.0 Å². The van der Waals surface area contributed by atoms with E-state index in [0.29, 0.717) is 6.54 Å². The average Bonchev–Trinajstić information content (AvgIpc) is 3.46. The molecule has 1 aromatic carbocycles. The Balaban J connectivity index is 1.25. The highest BCUT2D eigenvalue weighted by molar-refractivity contribution is 7.89. The molecule has 0 radical (unpaired) electrons. The molecular weight excluding hydrogens is 486 g/mol. The number of hydrazone groups is 1. The van der Waals surface area contributed by atoms with Crippen LogP contribution in [0.15, 0.2) is 35.4 Å². The zero-order valence-electron chi connectivity index (χ0n) is 21.9. The van der Waals surface area contributed by atoms with E-state index in [1.54, 1.807) is 0 Å². The third kappa shape index (κ3) is 5.04. The minimum absolute atomic E-state index is 0.0647. The van der Waals surface area contributed by atoms with E-state index in [9.17, 15) is 4.55 Å². The van der Waals surface area contributed by atoms with Crippen LogP contribution in [-0.2, 0) is 23.4 Å². The molecule has 11 heteroatoms. The summed E-state index contributed by atoms with van der Waals surface area (Å²) in [4.78, 5) is 5.38. The zero-order chi connectivity index (χ0) is 25.2. The molecule has 0 N–H and O–H groups in total. The summed E-state index contributed by atoms with van der Waals surface area (Å²) < 4.78 is 17.6. The second-order valence-electron chi connectivity index (χ2n) is 10.9. The van der Waals surface area contributed by atoms with Gasteiger partial charge in [0.15, 0.2) is 5.82 Å². The molecule has 10 nitrogen and oxygen atoms in total. The van der Waals surface area contributed by atoms with Crippen LogP contribution >= 0.6 is 0 Å². The Morgan fingerprint density at radius 3 is 2.51 bits per heavy atom. The first kappa shape index (κ1) is 25.2. The van der Waals surface area contributed by atoms with Crippen molar-refractivity contribution in [3.05, 3.63) is 41.7 Å². The molecule has 6 rings (SSSR count). The predicted octanol–water partition coefficient (Wildman–Crippen LogP) is 1.88. The van der Waals surface area contributed by atoms with Gasteiger partial charge in [-0.25, -0.2) is 4.68 Å². The Labute approximate surface area is 223 Å². The highest BCUT2D eigenvalue weighted by atomic mass is 32.2. The first-order valence-corrected chi connectivity index (χ1v) is 15.0. The van der Waals surface area contributed by atoms with Crippen LogP contribution in [0, 0.1) is 0 Å². The lowest BCUT2D eigenvalue weighted by atomic mass is 9.85. The fraction of sp³-hybridized carbons (Fsp3) is 0.692. The number of nitrogens with zero attached hydrogens (tertiary/aromatic N) is 9. The van der Waals surface area contributed by atoms with Gasteiger partial charge in [0, 0.05) is 52.0 Å². The summed E-state index contributed by atoms with van der Waals surface area (Å²) in [5, 5.41) is 19.4. The average molecular weight is 526 g/mol. The molecule has 4 heterocycles. The smallest absolute Gasteiger partial charge is 0.227 e. The van der Waals surface area contributed by atoms with Crippen LogP contribution in [0.3, 0.4) is 0 Å². The molecule has 2 saturated heterocycles. The molecule has 2 unspecified atom stereocenters. The van der Waals surface area contributed by atoms with E-state index in [4.69, 9.17) is 0 Å². The van der Waals surface area contributed by atoms with Gasteiger partial charge in [-0.15, -0.1) is 9.40 Å². The van der Waals surface area contributed by atoms with Crippen molar-refractivity contribution in [3.8, 4) is 0 Å². The Kier molecular flexibility index (Phi) is 7.49. The lowest BCUT2D eigenvalue weighted by molar-refractivity contribution is 0.0249. The molecular formula is C26H39N9OS. The molecule has 1 saturated carbocycles.